The van der Waals surface area contributed by atoms with Crippen molar-refractivity contribution >= 4 is 10.1 Å². The monoisotopic (exact) mass is 414 g/mol. The molecule has 28 heavy (non-hydrogen) atoms. The molecule has 4 rings (SSSR count). The number of benzene rings is 1. The van der Waals surface area contributed by atoms with Crippen molar-refractivity contribution in [3.63, 3.8) is 0 Å². The summed E-state index contributed by atoms with van der Waals surface area (Å²) in [5, 5.41) is 0. The molecular weight excluding hydrogens is 388 g/mol. The minimum absolute atomic E-state index is 0.0959. The van der Waals surface area contributed by atoms with Crippen molar-refractivity contribution in [2.75, 3.05) is 6.61 Å². The predicted molar refractivity (Wildman–Crippen MR) is 96.8 cm³/mol. The molecule has 8 nitrogen and oxygen atoms in total. The van der Waals surface area contributed by atoms with E-state index >= 15 is 0 Å². The molecule has 1 aromatic carbocycles. The normalized spacial score (nSPS) is 36.1. The van der Waals surface area contributed by atoms with Crippen LogP contribution < -0.4 is 0 Å². The molecule has 0 bridgehead atoms. The van der Waals surface area contributed by atoms with Gasteiger partial charge in [0.1, 0.15) is 24.4 Å². The molecule has 0 N–H and O–H groups in total. The summed E-state index contributed by atoms with van der Waals surface area (Å²) in [5.74, 6) is -1.72. The second kappa shape index (κ2) is 6.73. The molecule has 3 aliphatic heterocycles. The third-order valence-electron chi connectivity index (χ3n) is 4.95. The molecule has 0 radical (unpaired) electrons. The molecule has 156 valence electrons. The first-order chi connectivity index (χ1) is 13.0. The van der Waals surface area contributed by atoms with Crippen molar-refractivity contribution in [2.24, 2.45) is 0 Å². The van der Waals surface area contributed by atoms with E-state index < -0.39 is 52.4 Å². The van der Waals surface area contributed by atoms with Gasteiger partial charge >= 0.3 is 0 Å². The molecule has 0 aromatic heterocycles. The number of aryl methyl sites for hydroxylation is 1. The van der Waals surface area contributed by atoms with Gasteiger partial charge in [-0.25, -0.2) is 0 Å². The maximum Gasteiger partial charge on any atom is 0.297 e. The molecule has 0 aliphatic carbocycles. The zero-order chi connectivity index (χ0) is 20.3. The number of hydrogen-bond donors (Lipinski definition) is 0. The van der Waals surface area contributed by atoms with Crippen LogP contribution in [-0.4, -0.2) is 57.3 Å². The first-order valence-corrected chi connectivity index (χ1v) is 10.7. The molecule has 2 unspecified atom stereocenters. The van der Waals surface area contributed by atoms with Gasteiger partial charge in [0, 0.05) is 0 Å². The van der Waals surface area contributed by atoms with Gasteiger partial charge in [0.2, 0.25) is 0 Å². The number of rotatable bonds is 4. The summed E-state index contributed by atoms with van der Waals surface area (Å²) >= 11 is 0. The van der Waals surface area contributed by atoms with Crippen LogP contribution in [0.15, 0.2) is 29.2 Å². The first-order valence-electron chi connectivity index (χ1n) is 9.29. The molecule has 3 heterocycles. The molecule has 3 fully saturated rings. The van der Waals surface area contributed by atoms with Crippen LogP contribution >= 0.6 is 0 Å². The fourth-order valence-corrected chi connectivity index (χ4v) is 4.70. The Hall–Kier alpha value is -1.07. The van der Waals surface area contributed by atoms with Crippen LogP contribution in [0.4, 0.5) is 0 Å². The molecule has 5 atom stereocenters. The maximum absolute atomic E-state index is 12.5. The van der Waals surface area contributed by atoms with Crippen LogP contribution in [-0.2, 0) is 38.0 Å². The highest BCUT2D eigenvalue weighted by molar-refractivity contribution is 7.86. The fraction of sp³-hybridized carbons (Fsp3) is 0.684. The van der Waals surface area contributed by atoms with Crippen LogP contribution in [0.3, 0.4) is 0 Å². The Morgan fingerprint density at radius 3 is 2.18 bits per heavy atom. The molecule has 0 spiro atoms. The average molecular weight is 414 g/mol. The lowest BCUT2D eigenvalue weighted by Crippen LogP contribution is -2.57. The van der Waals surface area contributed by atoms with E-state index in [0.29, 0.717) is 0 Å². The van der Waals surface area contributed by atoms with E-state index in [0.717, 1.165) is 5.56 Å². The Morgan fingerprint density at radius 2 is 1.50 bits per heavy atom. The van der Waals surface area contributed by atoms with Crippen LogP contribution in [0.1, 0.15) is 33.3 Å². The van der Waals surface area contributed by atoms with E-state index in [1.54, 1.807) is 26.0 Å². The highest BCUT2D eigenvalue weighted by Gasteiger charge is 2.61. The minimum atomic E-state index is -3.92. The van der Waals surface area contributed by atoms with E-state index in [-0.39, 0.29) is 11.5 Å². The Kier molecular flexibility index (Phi) is 4.86. The van der Waals surface area contributed by atoms with Gasteiger partial charge in [-0.15, -0.1) is 0 Å². The second-order valence-electron chi connectivity index (χ2n) is 8.26. The summed E-state index contributed by atoms with van der Waals surface area (Å²) in [6, 6.07) is 6.47. The van der Waals surface area contributed by atoms with Gasteiger partial charge in [-0.05, 0) is 46.8 Å². The lowest BCUT2D eigenvalue weighted by molar-refractivity contribution is -0.346. The molecule has 1 aromatic rings. The fourth-order valence-electron chi connectivity index (χ4n) is 3.78. The van der Waals surface area contributed by atoms with Crippen molar-refractivity contribution in [2.45, 2.75) is 81.8 Å². The van der Waals surface area contributed by atoms with Crippen LogP contribution in [0.5, 0.6) is 0 Å². The zero-order valence-corrected chi connectivity index (χ0v) is 17.4. The third kappa shape index (κ3) is 3.85. The Morgan fingerprint density at radius 1 is 0.893 bits per heavy atom. The van der Waals surface area contributed by atoms with E-state index in [4.69, 9.17) is 27.9 Å². The van der Waals surface area contributed by atoms with Crippen LogP contribution in [0.25, 0.3) is 0 Å². The summed E-state index contributed by atoms with van der Waals surface area (Å²) in [7, 11) is -3.92. The highest BCUT2D eigenvalue weighted by atomic mass is 32.2. The first kappa shape index (κ1) is 20.2. The minimum Gasteiger partial charge on any atom is -0.342 e. The standard InChI is InChI=1S/C19H26O8S/c1-11-6-8-12(9-7-11)28(20,21)22-10-13-14-15(25-18(2,3)24-13)16-17(23-14)27-19(4,5)26-16/h6-9,13-17H,10H2,1-5H3/t13?,14-,15?,16+,17-/m1/s1. The van der Waals surface area contributed by atoms with Crippen molar-refractivity contribution in [3.8, 4) is 0 Å². The van der Waals surface area contributed by atoms with Gasteiger partial charge in [-0.1, -0.05) is 17.7 Å². The van der Waals surface area contributed by atoms with Crippen molar-refractivity contribution < 1.29 is 36.3 Å². The summed E-state index contributed by atoms with van der Waals surface area (Å²) in [4.78, 5) is 0.0959. The van der Waals surface area contributed by atoms with Crippen molar-refractivity contribution in [1.82, 2.24) is 0 Å². The lowest BCUT2D eigenvalue weighted by atomic mass is 10.0. The molecule has 0 saturated carbocycles. The average Bonchev–Trinajstić information content (AvgIpc) is 3.05. The quantitative estimate of drug-likeness (QED) is 0.692. The summed E-state index contributed by atoms with van der Waals surface area (Å²) in [6.07, 6.45) is -2.69. The Balaban J connectivity index is 1.49. The molecule has 3 aliphatic rings. The highest BCUT2D eigenvalue weighted by Crippen LogP contribution is 2.44. The molecular formula is C19H26O8S. The van der Waals surface area contributed by atoms with Crippen LogP contribution in [0.2, 0.25) is 0 Å². The van der Waals surface area contributed by atoms with E-state index in [2.05, 4.69) is 0 Å². The van der Waals surface area contributed by atoms with Gasteiger partial charge in [0.25, 0.3) is 10.1 Å². The topological polar surface area (TPSA) is 89.5 Å². The van der Waals surface area contributed by atoms with E-state index in [1.807, 2.05) is 20.8 Å². The summed E-state index contributed by atoms with van der Waals surface area (Å²) < 4.78 is 59.9. The van der Waals surface area contributed by atoms with Crippen molar-refractivity contribution in [3.05, 3.63) is 29.8 Å². The number of fused-ring (bicyclic) bond motifs is 3. The van der Waals surface area contributed by atoms with Crippen molar-refractivity contribution in [1.29, 1.82) is 0 Å². The van der Waals surface area contributed by atoms with Gasteiger partial charge in [-0.3, -0.25) is 4.18 Å². The van der Waals surface area contributed by atoms with Crippen LogP contribution in [0, 0.1) is 6.92 Å². The molecule has 0 amide bonds. The smallest absolute Gasteiger partial charge is 0.297 e. The van der Waals surface area contributed by atoms with E-state index in [1.165, 1.54) is 12.1 Å². The number of ether oxygens (including phenoxy) is 5. The Labute approximate surface area is 165 Å². The second-order valence-corrected chi connectivity index (χ2v) is 9.87. The predicted octanol–water partition coefficient (Wildman–Crippen LogP) is 2.10. The number of hydrogen-bond acceptors (Lipinski definition) is 8. The molecule has 9 heteroatoms. The van der Waals surface area contributed by atoms with Gasteiger partial charge in [0.05, 0.1) is 11.5 Å². The summed E-state index contributed by atoms with van der Waals surface area (Å²) in [5.41, 5.74) is 0.963. The van der Waals surface area contributed by atoms with Gasteiger partial charge in [0.15, 0.2) is 17.9 Å². The van der Waals surface area contributed by atoms with Gasteiger partial charge < -0.3 is 23.7 Å². The van der Waals surface area contributed by atoms with Gasteiger partial charge in [-0.2, -0.15) is 8.42 Å². The summed E-state index contributed by atoms with van der Waals surface area (Å²) in [6.45, 7) is 8.83. The zero-order valence-electron chi connectivity index (χ0n) is 16.6. The third-order valence-corrected chi connectivity index (χ3v) is 6.24. The largest absolute Gasteiger partial charge is 0.342 e. The SMILES string of the molecule is Cc1ccc(S(=O)(=O)OCC2OC(C)(C)OC3[C@@H]2O[C@@H]2OC(C)(C)O[C@@H]32)cc1. The lowest BCUT2D eigenvalue weighted by Gasteiger charge is -2.43. The maximum atomic E-state index is 12.5. The van der Waals surface area contributed by atoms with E-state index in [9.17, 15) is 8.42 Å². The molecule has 3 saturated heterocycles. The Bertz CT molecular complexity index is 832.